The molecule has 0 saturated heterocycles. The Labute approximate surface area is 201 Å². The maximum Gasteiger partial charge on any atom is 0.306 e. The van der Waals surface area contributed by atoms with E-state index in [4.69, 9.17) is 0 Å². The molecule has 0 aromatic heterocycles. The van der Waals surface area contributed by atoms with Gasteiger partial charge in [0.05, 0.1) is 12.0 Å². The summed E-state index contributed by atoms with van der Waals surface area (Å²) < 4.78 is 0. The van der Waals surface area contributed by atoms with E-state index in [0.29, 0.717) is 23.7 Å². The lowest BCUT2D eigenvalue weighted by Gasteiger charge is -2.70. The third-order valence-corrected chi connectivity index (χ3v) is 12.8. The van der Waals surface area contributed by atoms with Crippen molar-refractivity contribution in [2.24, 2.45) is 56.7 Å². The van der Waals surface area contributed by atoms with Gasteiger partial charge >= 0.3 is 5.97 Å². The van der Waals surface area contributed by atoms with Crippen molar-refractivity contribution in [1.29, 1.82) is 0 Å². The molecule has 2 N–H and O–H groups in total. The van der Waals surface area contributed by atoms with E-state index >= 15 is 0 Å². The third-order valence-electron chi connectivity index (χ3n) is 12.8. The molecule has 3 nitrogen and oxygen atoms in total. The number of aliphatic hydroxyl groups excluding tert-OH is 1. The van der Waals surface area contributed by atoms with Crippen LogP contribution >= 0.6 is 0 Å². The van der Waals surface area contributed by atoms with E-state index in [1.54, 1.807) is 5.57 Å². The van der Waals surface area contributed by atoms with Gasteiger partial charge in [0.2, 0.25) is 0 Å². The minimum Gasteiger partial charge on any atom is -0.481 e. The fourth-order valence-electron chi connectivity index (χ4n) is 10.8. The van der Waals surface area contributed by atoms with E-state index in [0.717, 1.165) is 44.9 Å². The Balaban J connectivity index is 1.56. The first-order valence-corrected chi connectivity index (χ1v) is 13.8. The second-order valence-corrected chi connectivity index (χ2v) is 15.0. The van der Waals surface area contributed by atoms with Gasteiger partial charge in [-0.3, -0.25) is 4.79 Å². The first kappa shape index (κ1) is 23.9. The van der Waals surface area contributed by atoms with Crippen LogP contribution in [0.25, 0.3) is 0 Å². The van der Waals surface area contributed by atoms with Gasteiger partial charge in [-0.15, -0.1) is 0 Å². The largest absolute Gasteiger partial charge is 0.481 e. The second kappa shape index (κ2) is 7.11. The number of hydrogen-bond donors (Lipinski definition) is 2. The van der Waals surface area contributed by atoms with Crippen molar-refractivity contribution < 1.29 is 15.0 Å². The highest BCUT2D eigenvalue weighted by atomic mass is 16.4. The highest BCUT2D eigenvalue weighted by Crippen LogP contribution is 2.74. The lowest BCUT2D eigenvalue weighted by Crippen LogP contribution is -2.64. The molecule has 5 rings (SSSR count). The first-order chi connectivity index (χ1) is 15.2. The Bertz CT molecular complexity index is 870. The van der Waals surface area contributed by atoms with E-state index in [2.05, 4.69) is 54.5 Å². The minimum absolute atomic E-state index is 0.0149. The van der Waals surface area contributed by atoms with Gasteiger partial charge in [-0.1, -0.05) is 60.1 Å². The monoisotopic (exact) mass is 456 g/mol. The molecule has 5 aliphatic rings. The lowest BCUT2D eigenvalue weighted by molar-refractivity contribution is -0.201. The molecule has 0 amide bonds. The number of aliphatic carboxylic acids is 1. The summed E-state index contributed by atoms with van der Waals surface area (Å²) in [4.78, 5) is 12.3. The fraction of sp³-hybridized carbons (Fsp3) is 0.900. The summed E-state index contributed by atoms with van der Waals surface area (Å²) in [5.41, 5.74) is 2.40. The highest BCUT2D eigenvalue weighted by Gasteiger charge is 2.67. The smallest absolute Gasteiger partial charge is 0.306 e. The topological polar surface area (TPSA) is 57.5 Å². The molecule has 0 aliphatic heterocycles. The van der Waals surface area contributed by atoms with Gasteiger partial charge in [-0.05, 0) is 109 Å². The minimum atomic E-state index is -0.571. The van der Waals surface area contributed by atoms with Crippen molar-refractivity contribution in [3.05, 3.63) is 11.6 Å². The number of carbonyl (C=O) groups is 1. The van der Waals surface area contributed by atoms with E-state index in [-0.39, 0.29) is 39.1 Å². The van der Waals surface area contributed by atoms with Crippen molar-refractivity contribution in [2.45, 2.75) is 112 Å². The van der Waals surface area contributed by atoms with Crippen molar-refractivity contribution >= 4 is 5.97 Å². The predicted octanol–water partition coefficient (Wildman–Crippen LogP) is 7.09. The van der Waals surface area contributed by atoms with Crippen molar-refractivity contribution in [3.63, 3.8) is 0 Å². The number of allylic oxidation sites excluding steroid dienone is 2. The average Bonchev–Trinajstić information content (AvgIpc) is 2.70. The quantitative estimate of drug-likeness (QED) is 0.414. The van der Waals surface area contributed by atoms with E-state index in [1.165, 1.54) is 12.8 Å². The Hall–Kier alpha value is -0.830. The summed E-state index contributed by atoms with van der Waals surface area (Å²) in [7, 11) is 0. The molecule has 0 radical (unpaired) electrons. The average molecular weight is 457 g/mol. The molecule has 9 atom stereocenters. The molecule has 4 saturated carbocycles. The van der Waals surface area contributed by atoms with Gasteiger partial charge in [-0.25, -0.2) is 0 Å². The number of aliphatic hydroxyl groups is 1. The van der Waals surface area contributed by atoms with Gasteiger partial charge in [-0.2, -0.15) is 0 Å². The highest BCUT2D eigenvalue weighted by molar-refractivity contribution is 5.71. The molecule has 0 spiro atoms. The van der Waals surface area contributed by atoms with Crippen LogP contribution in [0.2, 0.25) is 0 Å². The summed E-state index contributed by atoms with van der Waals surface area (Å²) in [6, 6.07) is 0. The van der Waals surface area contributed by atoms with E-state index in [1.807, 2.05) is 0 Å². The van der Waals surface area contributed by atoms with Crippen LogP contribution in [0.4, 0.5) is 0 Å². The molecule has 5 aliphatic carbocycles. The first-order valence-electron chi connectivity index (χ1n) is 13.8. The van der Waals surface area contributed by atoms with Crippen LogP contribution in [-0.2, 0) is 4.79 Å². The fourth-order valence-corrected chi connectivity index (χ4v) is 10.8. The van der Waals surface area contributed by atoms with Crippen molar-refractivity contribution in [2.75, 3.05) is 0 Å². The zero-order valence-corrected chi connectivity index (χ0v) is 22.2. The molecule has 3 heteroatoms. The molecular formula is C30H48O3. The van der Waals surface area contributed by atoms with Gasteiger partial charge in [0.15, 0.2) is 0 Å². The molecule has 0 bridgehead atoms. The van der Waals surface area contributed by atoms with Crippen molar-refractivity contribution in [3.8, 4) is 0 Å². The third kappa shape index (κ3) is 3.06. The normalized spacial score (nSPS) is 52.4. The Morgan fingerprint density at radius 2 is 1.61 bits per heavy atom. The van der Waals surface area contributed by atoms with Crippen LogP contribution in [0, 0.1) is 56.7 Å². The molecule has 186 valence electrons. The second-order valence-electron chi connectivity index (χ2n) is 15.0. The summed E-state index contributed by atoms with van der Waals surface area (Å²) in [6.45, 7) is 16.9. The van der Waals surface area contributed by atoms with Gasteiger partial charge < -0.3 is 10.2 Å². The molecule has 33 heavy (non-hydrogen) atoms. The molecule has 1 unspecified atom stereocenters. The molecular weight excluding hydrogens is 408 g/mol. The standard InChI is InChI=1S/C30H48O3/c1-26(2)16-19-18(20(17-26)25(32)33)10-14-29(6)21(19)8-9-23-28(5)13-12-24(31)27(3,4)22(28)11-15-30(23,29)7/h8,18-20,22-24,31H,9-17H2,1-7H3,(H,32,33)/t18?,19-,20-,22+,23-,24+,28+,29-,30-/m1/s1. The van der Waals surface area contributed by atoms with Gasteiger partial charge in [0.1, 0.15) is 0 Å². The van der Waals surface area contributed by atoms with Crippen LogP contribution in [0.1, 0.15) is 106 Å². The van der Waals surface area contributed by atoms with Gasteiger partial charge in [0.25, 0.3) is 0 Å². The summed E-state index contributed by atoms with van der Waals surface area (Å²) in [5.74, 6) is 1.20. The zero-order chi connectivity index (χ0) is 24.2. The van der Waals surface area contributed by atoms with Crippen LogP contribution in [-0.4, -0.2) is 22.3 Å². The van der Waals surface area contributed by atoms with Crippen LogP contribution in [0.5, 0.6) is 0 Å². The Morgan fingerprint density at radius 3 is 2.27 bits per heavy atom. The van der Waals surface area contributed by atoms with Crippen molar-refractivity contribution in [1.82, 2.24) is 0 Å². The number of carboxylic acid groups (broad SMARTS) is 1. The number of hydrogen-bond acceptors (Lipinski definition) is 2. The van der Waals surface area contributed by atoms with E-state index < -0.39 is 5.97 Å². The Morgan fingerprint density at radius 1 is 0.909 bits per heavy atom. The summed E-state index contributed by atoms with van der Waals surface area (Å²) in [6.07, 6.45) is 12.3. The van der Waals surface area contributed by atoms with Crippen LogP contribution in [0.15, 0.2) is 11.6 Å². The molecule has 0 aromatic rings. The molecule has 0 heterocycles. The summed E-state index contributed by atoms with van der Waals surface area (Å²) in [5, 5.41) is 21.0. The Kier molecular flexibility index (Phi) is 5.15. The zero-order valence-electron chi connectivity index (χ0n) is 22.2. The SMILES string of the molecule is CC1(C)C[C@@H](C(=O)O)C2CC[C@]3(C)C(=CC[C@@H]4[C@@]5(C)CC[C@H](O)C(C)(C)[C@@H]5CC[C@]43C)[C@@H]2C1. The van der Waals surface area contributed by atoms with Crippen LogP contribution < -0.4 is 0 Å². The lowest BCUT2D eigenvalue weighted by atomic mass is 9.34. The number of carboxylic acids is 1. The number of fused-ring (bicyclic) bond motifs is 7. The van der Waals surface area contributed by atoms with E-state index in [9.17, 15) is 15.0 Å². The predicted molar refractivity (Wildman–Crippen MR) is 133 cm³/mol. The van der Waals surface area contributed by atoms with Gasteiger partial charge in [0, 0.05) is 0 Å². The molecule has 0 aromatic carbocycles. The molecule has 4 fully saturated rings. The summed E-state index contributed by atoms with van der Waals surface area (Å²) >= 11 is 0. The number of rotatable bonds is 1. The van der Waals surface area contributed by atoms with Crippen LogP contribution in [0.3, 0.4) is 0 Å². The maximum absolute atomic E-state index is 12.3. The maximum atomic E-state index is 12.3.